The van der Waals surface area contributed by atoms with Gasteiger partial charge in [-0.3, -0.25) is 9.58 Å². The van der Waals surface area contributed by atoms with Crippen molar-refractivity contribution in [3.05, 3.63) is 17.5 Å². The Balaban J connectivity index is 2.08. The molecule has 0 aliphatic carbocycles. The van der Waals surface area contributed by atoms with Crippen molar-refractivity contribution in [2.75, 3.05) is 26.2 Å². The summed E-state index contributed by atoms with van der Waals surface area (Å²) in [5, 5.41) is 4.40. The van der Waals surface area contributed by atoms with Gasteiger partial charge in [0.15, 0.2) is 0 Å². The van der Waals surface area contributed by atoms with Crippen molar-refractivity contribution in [2.24, 2.45) is 12.8 Å². The van der Waals surface area contributed by atoms with Crippen LogP contribution >= 0.6 is 0 Å². The molecule has 2 heterocycles. The maximum atomic E-state index is 5.67. The summed E-state index contributed by atoms with van der Waals surface area (Å²) < 4.78 is 7.47. The molecular formula is C12H22N4O. The number of morpholine rings is 1. The Morgan fingerprint density at radius 1 is 1.65 bits per heavy atom. The Morgan fingerprint density at radius 2 is 2.41 bits per heavy atom. The maximum absolute atomic E-state index is 5.67. The number of hydrogen-bond donors (Lipinski definition) is 1. The largest absolute Gasteiger partial charge is 0.374 e. The van der Waals surface area contributed by atoms with Gasteiger partial charge in [-0.25, -0.2) is 0 Å². The van der Waals surface area contributed by atoms with Crippen LogP contribution in [0.3, 0.4) is 0 Å². The summed E-state index contributed by atoms with van der Waals surface area (Å²) in [5.41, 5.74) is 8.07. The predicted octanol–water partition coefficient (Wildman–Crippen LogP) is 0.449. The molecule has 2 rings (SSSR count). The fraction of sp³-hybridized carbons (Fsp3) is 0.750. The van der Waals surface area contributed by atoms with Gasteiger partial charge in [-0.2, -0.15) is 5.10 Å². The van der Waals surface area contributed by atoms with Gasteiger partial charge in [0, 0.05) is 44.5 Å². The number of nitrogens with two attached hydrogens (primary N) is 1. The second kappa shape index (κ2) is 5.16. The highest BCUT2D eigenvalue weighted by Gasteiger charge is 2.25. The van der Waals surface area contributed by atoms with Crippen molar-refractivity contribution in [1.82, 2.24) is 14.7 Å². The minimum Gasteiger partial charge on any atom is -0.374 e. The van der Waals surface area contributed by atoms with Crippen LogP contribution in [0.5, 0.6) is 0 Å². The van der Waals surface area contributed by atoms with E-state index in [1.54, 1.807) is 0 Å². The van der Waals surface area contributed by atoms with Gasteiger partial charge in [0.2, 0.25) is 0 Å². The number of rotatable bonds is 3. The molecule has 0 bridgehead atoms. The van der Waals surface area contributed by atoms with E-state index in [1.165, 1.54) is 5.56 Å². The SMILES string of the molecule is Cc1nn(C)cc1C(C)N1CCOC(CN)C1. The van der Waals surface area contributed by atoms with Crippen LogP contribution in [0.1, 0.15) is 24.2 Å². The molecule has 17 heavy (non-hydrogen) atoms. The minimum absolute atomic E-state index is 0.170. The Hall–Kier alpha value is -0.910. The van der Waals surface area contributed by atoms with Gasteiger partial charge < -0.3 is 10.5 Å². The van der Waals surface area contributed by atoms with Crippen molar-refractivity contribution in [3.63, 3.8) is 0 Å². The quantitative estimate of drug-likeness (QED) is 0.830. The Morgan fingerprint density at radius 3 is 3.00 bits per heavy atom. The fourth-order valence-corrected chi connectivity index (χ4v) is 2.46. The van der Waals surface area contributed by atoms with Crippen LogP contribution in [0.4, 0.5) is 0 Å². The zero-order valence-corrected chi connectivity index (χ0v) is 10.9. The smallest absolute Gasteiger partial charge is 0.0824 e. The van der Waals surface area contributed by atoms with Gasteiger partial charge in [0.05, 0.1) is 18.4 Å². The number of aryl methyl sites for hydroxylation is 2. The van der Waals surface area contributed by atoms with Crippen molar-refractivity contribution in [1.29, 1.82) is 0 Å². The van der Waals surface area contributed by atoms with Crippen molar-refractivity contribution >= 4 is 0 Å². The number of hydrogen-bond acceptors (Lipinski definition) is 4. The first-order valence-corrected chi connectivity index (χ1v) is 6.17. The molecule has 0 radical (unpaired) electrons. The Kier molecular flexibility index (Phi) is 3.81. The highest BCUT2D eigenvalue weighted by atomic mass is 16.5. The van der Waals surface area contributed by atoms with E-state index in [1.807, 2.05) is 11.7 Å². The minimum atomic E-state index is 0.170. The fourth-order valence-electron chi connectivity index (χ4n) is 2.46. The summed E-state index contributed by atoms with van der Waals surface area (Å²) in [6.07, 6.45) is 2.27. The molecule has 1 aliphatic heterocycles. The maximum Gasteiger partial charge on any atom is 0.0824 e. The lowest BCUT2D eigenvalue weighted by molar-refractivity contribution is -0.0365. The van der Waals surface area contributed by atoms with Crippen LogP contribution < -0.4 is 5.73 Å². The van der Waals surface area contributed by atoms with E-state index in [2.05, 4.69) is 30.0 Å². The lowest BCUT2D eigenvalue weighted by Crippen LogP contribution is -2.46. The van der Waals surface area contributed by atoms with Crippen LogP contribution in [-0.2, 0) is 11.8 Å². The number of ether oxygens (including phenoxy) is 1. The number of nitrogens with zero attached hydrogens (tertiary/aromatic N) is 3. The monoisotopic (exact) mass is 238 g/mol. The van der Waals surface area contributed by atoms with E-state index < -0.39 is 0 Å². The standard InChI is InChI=1S/C12H22N4O/c1-9-12(8-15(3)14-9)10(2)16-4-5-17-11(6-13)7-16/h8,10-11H,4-7,13H2,1-3H3. The van der Waals surface area contributed by atoms with E-state index in [4.69, 9.17) is 10.5 Å². The highest BCUT2D eigenvalue weighted by molar-refractivity contribution is 5.19. The highest BCUT2D eigenvalue weighted by Crippen LogP contribution is 2.24. The molecule has 1 aromatic rings. The topological polar surface area (TPSA) is 56.3 Å². The molecule has 96 valence electrons. The summed E-state index contributed by atoms with van der Waals surface area (Å²) in [6.45, 7) is 7.52. The molecule has 5 nitrogen and oxygen atoms in total. The van der Waals surface area contributed by atoms with Crippen LogP contribution in [0.2, 0.25) is 0 Å². The van der Waals surface area contributed by atoms with Gasteiger partial charge in [0.25, 0.3) is 0 Å². The zero-order chi connectivity index (χ0) is 12.4. The molecule has 2 unspecified atom stereocenters. The summed E-state index contributed by atoms with van der Waals surface area (Å²) in [6, 6.07) is 0.377. The summed E-state index contributed by atoms with van der Waals surface area (Å²) in [4.78, 5) is 2.42. The predicted molar refractivity (Wildman–Crippen MR) is 66.7 cm³/mol. The van der Waals surface area contributed by atoms with E-state index in [9.17, 15) is 0 Å². The van der Waals surface area contributed by atoms with Gasteiger partial charge in [0.1, 0.15) is 0 Å². The van der Waals surface area contributed by atoms with Crippen LogP contribution in [0, 0.1) is 6.92 Å². The third-order valence-electron chi connectivity index (χ3n) is 3.48. The molecule has 0 saturated carbocycles. The van der Waals surface area contributed by atoms with E-state index >= 15 is 0 Å². The Bertz CT molecular complexity index is 377. The first-order chi connectivity index (χ1) is 8.11. The average molecular weight is 238 g/mol. The zero-order valence-electron chi connectivity index (χ0n) is 10.9. The normalized spacial score (nSPS) is 23.9. The molecule has 2 atom stereocenters. The number of aromatic nitrogens is 2. The molecule has 1 aliphatic rings. The van der Waals surface area contributed by atoms with Crippen molar-refractivity contribution in [2.45, 2.75) is 26.0 Å². The van der Waals surface area contributed by atoms with Gasteiger partial charge >= 0.3 is 0 Å². The molecular weight excluding hydrogens is 216 g/mol. The van der Waals surface area contributed by atoms with Gasteiger partial charge in [-0.05, 0) is 13.8 Å². The Labute approximate surface area is 103 Å². The second-order valence-corrected chi connectivity index (χ2v) is 4.74. The van der Waals surface area contributed by atoms with E-state index in [0.29, 0.717) is 12.6 Å². The molecule has 0 amide bonds. The van der Waals surface area contributed by atoms with Crippen molar-refractivity contribution < 1.29 is 4.74 Å². The third-order valence-corrected chi connectivity index (χ3v) is 3.48. The summed E-state index contributed by atoms with van der Waals surface area (Å²) in [7, 11) is 1.96. The van der Waals surface area contributed by atoms with Crippen LogP contribution in [0.15, 0.2) is 6.20 Å². The molecule has 1 saturated heterocycles. The lowest BCUT2D eigenvalue weighted by atomic mass is 10.1. The summed E-state index contributed by atoms with van der Waals surface area (Å²) >= 11 is 0. The van der Waals surface area contributed by atoms with Crippen molar-refractivity contribution in [3.8, 4) is 0 Å². The average Bonchev–Trinajstić information content (AvgIpc) is 2.67. The molecule has 0 spiro atoms. The summed E-state index contributed by atoms with van der Waals surface area (Å²) in [5.74, 6) is 0. The molecule has 1 fully saturated rings. The van der Waals surface area contributed by atoms with Gasteiger partial charge in [-0.15, -0.1) is 0 Å². The van der Waals surface area contributed by atoms with E-state index in [0.717, 1.165) is 25.4 Å². The van der Waals surface area contributed by atoms with Crippen LogP contribution in [0.25, 0.3) is 0 Å². The molecule has 1 aromatic heterocycles. The molecule has 5 heteroatoms. The first kappa shape index (κ1) is 12.5. The third kappa shape index (κ3) is 2.68. The van der Waals surface area contributed by atoms with Crippen LogP contribution in [-0.4, -0.2) is 47.0 Å². The van der Waals surface area contributed by atoms with E-state index in [-0.39, 0.29) is 6.10 Å². The lowest BCUT2D eigenvalue weighted by Gasteiger charge is -2.36. The molecule has 2 N–H and O–H groups in total. The van der Waals surface area contributed by atoms with Gasteiger partial charge in [-0.1, -0.05) is 0 Å². The second-order valence-electron chi connectivity index (χ2n) is 4.74. The molecule has 0 aromatic carbocycles. The first-order valence-electron chi connectivity index (χ1n) is 6.17.